The molecular formula is C10H21NO. The van der Waals surface area contributed by atoms with E-state index in [2.05, 4.69) is 18.8 Å². The van der Waals surface area contributed by atoms with E-state index in [1.807, 2.05) is 13.0 Å². The summed E-state index contributed by atoms with van der Waals surface area (Å²) in [4.78, 5) is 0. The van der Waals surface area contributed by atoms with E-state index in [9.17, 15) is 0 Å². The quantitative estimate of drug-likeness (QED) is 0.445. The molecule has 2 nitrogen and oxygen atoms in total. The molecule has 0 bridgehead atoms. The second kappa shape index (κ2) is 8.75. The topological polar surface area (TPSA) is 21.3 Å². The maximum Gasteiger partial charge on any atom is 0.0483 e. The van der Waals surface area contributed by atoms with Crippen LogP contribution >= 0.6 is 0 Å². The highest BCUT2D eigenvalue weighted by Gasteiger charge is 2.00. The first-order valence-electron chi connectivity index (χ1n) is 4.78. The molecule has 0 aliphatic heterocycles. The minimum Gasteiger partial charge on any atom is -0.382 e. The van der Waals surface area contributed by atoms with E-state index < -0.39 is 0 Å². The molecule has 0 aliphatic carbocycles. The first-order chi connectivity index (χ1) is 5.85. The Morgan fingerprint density at radius 1 is 1.50 bits per heavy atom. The average Bonchev–Trinajstić information content (AvgIpc) is 2.11. The lowest BCUT2D eigenvalue weighted by atomic mass is 10.2. The first-order valence-corrected chi connectivity index (χ1v) is 4.78. The minimum atomic E-state index is 0.413. The van der Waals surface area contributed by atoms with E-state index in [0.29, 0.717) is 6.04 Å². The van der Waals surface area contributed by atoms with Gasteiger partial charge >= 0.3 is 0 Å². The van der Waals surface area contributed by atoms with Crippen LogP contribution in [0, 0.1) is 0 Å². The van der Waals surface area contributed by atoms with Crippen molar-refractivity contribution in [1.82, 2.24) is 5.32 Å². The van der Waals surface area contributed by atoms with Gasteiger partial charge < -0.3 is 10.1 Å². The second-order valence-corrected chi connectivity index (χ2v) is 2.78. The van der Waals surface area contributed by atoms with Crippen molar-refractivity contribution in [3.05, 3.63) is 12.7 Å². The summed E-state index contributed by atoms with van der Waals surface area (Å²) in [6.07, 6.45) is 4.14. The molecule has 0 aromatic rings. The zero-order chi connectivity index (χ0) is 9.23. The fourth-order valence-corrected chi connectivity index (χ4v) is 0.988. The van der Waals surface area contributed by atoms with E-state index in [-0.39, 0.29) is 0 Å². The SMILES string of the molecule is C=CC(CCOCC)NCCC. The van der Waals surface area contributed by atoms with Crippen molar-refractivity contribution < 1.29 is 4.74 Å². The van der Waals surface area contributed by atoms with Crippen LogP contribution in [-0.2, 0) is 4.74 Å². The van der Waals surface area contributed by atoms with Crippen LogP contribution in [0.3, 0.4) is 0 Å². The lowest BCUT2D eigenvalue weighted by molar-refractivity contribution is 0.140. The Balaban J connectivity index is 3.32. The molecule has 0 aromatic carbocycles. The molecule has 0 saturated carbocycles. The van der Waals surface area contributed by atoms with Gasteiger partial charge in [0.15, 0.2) is 0 Å². The van der Waals surface area contributed by atoms with Crippen LogP contribution < -0.4 is 5.32 Å². The molecule has 0 heterocycles. The highest BCUT2D eigenvalue weighted by Crippen LogP contribution is 1.94. The van der Waals surface area contributed by atoms with Gasteiger partial charge in [-0.15, -0.1) is 6.58 Å². The van der Waals surface area contributed by atoms with Gasteiger partial charge in [-0.25, -0.2) is 0 Å². The largest absolute Gasteiger partial charge is 0.382 e. The van der Waals surface area contributed by atoms with Crippen molar-refractivity contribution in [3.63, 3.8) is 0 Å². The fourth-order valence-electron chi connectivity index (χ4n) is 0.988. The zero-order valence-electron chi connectivity index (χ0n) is 8.31. The molecule has 0 rings (SSSR count). The number of nitrogens with one attached hydrogen (secondary N) is 1. The van der Waals surface area contributed by atoms with Crippen molar-refractivity contribution in [2.24, 2.45) is 0 Å². The van der Waals surface area contributed by atoms with Gasteiger partial charge in [0.2, 0.25) is 0 Å². The molecule has 0 saturated heterocycles. The maximum absolute atomic E-state index is 5.26. The molecule has 0 aliphatic rings. The van der Waals surface area contributed by atoms with Crippen molar-refractivity contribution in [2.45, 2.75) is 32.7 Å². The third-order valence-corrected chi connectivity index (χ3v) is 1.72. The summed E-state index contributed by atoms with van der Waals surface area (Å²) in [5, 5.41) is 3.38. The van der Waals surface area contributed by atoms with Gasteiger partial charge in [-0.3, -0.25) is 0 Å². The smallest absolute Gasteiger partial charge is 0.0483 e. The summed E-state index contributed by atoms with van der Waals surface area (Å²) in [5.41, 5.74) is 0. The summed E-state index contributed by atoms with van der Waals surface area (Å²) in [6.45, 7) is 10.6. The van der Waals surface area contributed by atoms with Crippen LogP contribution in [0.1, 0.15) is 26.7 Å². The van der Waals surface area contributed by atoms with E-state index in [1.165, 1.54) is 6.42 Å². The van der Waals surface area contributed by atoms with Crippen LogP contribution in [-0.4, -0.2) is 25.8 Å². The molecule has 0 radical (unpaired) electrons. The average molecular weight is 171 g/mol. The van der Waals surface area contributed by atoms with Gasteiger partial charge in [0.1, 0.15) is 0 Å². The molecule has 2 heteroatoms. The Kier molecular flexibility index (Phi) is 8.51. The lowest BCUT2D eigenvalue weighted by Gasteiger charge is -2.13. The second-order valence-electron chi connectivity index (χ2n) is 2.78. The van der Waals surface area contributed by atoms with E-state index in [0.717, 1.165) is 26.2 Å². The monoisotopic (exact) mass is 171 g/mol. The van der Waals surface area contributed by atoms with Gasteiger partial charge in [-0.1, -0.05) is 13.0 Å². The van der Waals surface area contributed by atoms with Gasteiger partial charge in [0, 0.05) is 19.3 Å². The Morgan fingerprint density at radius 2 is 2.25 bits per heavy atom. The normalized spacial score (nSPS) is 12.8. The summed E-state index contributed by atoms with van der Waals surface area (Å²) in [5.74, 6) is 0. The molecule has 12 heavy (non-hydrogen) atoms. The lowest BCUT2D eigenvalue weighted by Crippen LogP contribution is -2.28. The zero-order valence-corrected chi connectivity index (χ0v) is 8.31. The van der Waals surface area contributed by atoms with E-state index >= 15 is 0 Å². The van der Waals surface area contributed by atoms with E-state index in [4.69, 9.17) is 4.74 Å². The summed E-state index contributed by atoms with van der Waals surface area (Å²) in [6, 6.07) is 0.413. The molecule has 1 N–H and O–H groups in total. The van der Waals surface area contributed by atoms with Crippen LogP contribution in [0.5, 0.6) is 0 Å². The van der Waals surface area contributed by atoms with Gasteiger partial charge in [-0.2, -0.15) is 0 Å². The molecule has 0 aromatic heterocycles. The van der Waals surface area contributed by atoms with Crippen molar-refractivity contribution >= 4 is 0 Å². The molecule has 1 atom stereocenters. The first kappa shape index (κ1) is 11.7. The van der Waals surface area contributed by atoms with E-state index in [1.54, 1.807) is 0 Å². The highest BCUT2D eigenvalue weighted by molar-refractivity contribution is 4.84. The minimum absolute atomic E-state index is 0.413. The molecule has 0 spiro atoms. The van der Waals surface area contributed by atoms with Gasteiger partial charge in [0.05, 0.1) is 0 Å². The highest BCUT2D eigenvalue weighted by atomic mass is 16.5. The molecule has 72 valence electrons. The van der Waals surface area contributed by atoms with Gasteiger partial charge in [-0.05, 0) is 26.3 Å². The Bertz CT molecular complexity index is 104. The molecule has 1 unspecified atom stereocenters. The number of hydrogen-bond acceptors (Lipinski definition) is 2. The summed E-state index contributed by atoms with van der Waals surface area (Å²) < 4.78 is 5.26. The third-order valence-electron chi connectivity index (χ3n) is 1.72. The predicted molar refractivity (Wildman–Crippen MR) is 53.4 cm³/mol. The predicted octanol–water partition coefficient (Wildman–Crippen LogP) is 1.97. The maximum atomic E-state index is 5.26. The summed E-state index contributed by atoms with van der Waals surface area (Å²) in [7, 11) is 0. The van der Waals surface area contributed by atoms with Crippen LogP contribution in [0.25, 0.3) is 0 Å². The van der Waals surface area contributed by atoms with Crippen LogP contribution in [0.4, 0.5) is 0 Å². The van der Waals surface area contributed by atoms with Crippen molar-refractivity contribution in [3.8, 4) is 0 Å². The number of ether oxygens (including phenoxy) is 1. The van der Waals surface area contributed by atoms with Crippen LogP contribution in [0.15, 0.2) is 12.7 Å². The standard InChI is InChI=1S/C10H21NO/c1-4-8-11-10(5-2)7-9-12-6-3/h5,10-11H,2,4,6-9H2,1,3H3. The Hall–Kier alpha value is -0.340. The van der Waals surface area contributed by atoms with Crippen molar-refractivity contribution in [2.75, 3.05) is 19.8 Å². The molecule has 0 amide bonds. The van der Waals surface area contributed by atoms with Crippen molar-refractivity contribution in [1.29, 1.82) is 0 Å². The number of rotatable bonds is 8. The third kappa shape index (κ3) is 6.38. The molecule has 0 fully saturated rings. The summed E-state index contributed by atoms with van der Waals surface area (Å²) >= 11 is 0. The Morgan fingerprint density at radius 3 is 2.75 bits per heavy atom. The Labute approximate surface area is 76.0 Å². The molecular weight excluding hydrogens is 150 g/mol. The van der Waals surface area contributed by atoms with Crippen LogP contribution in [0.2, 0.25) is 0 Å². The number of hydrogen-bond donors (Lipinski definition) is 1. The van der Waals surface area contributed by atoms with Gasteiger partial charge in [0.25, 0.3) is 0 Å². The fraction of sp³-hybridized carbons (Fsp3) is 0.800.